The van der Waals surface area contributed by atoms with Crippen LogP contribution in [0.4, 0.5) is 0 Å². The van der Waals surface area contributed by atoms with Gasteiger partial charge in [-0.1, -0.05) is 5.16 Å². The molecule has 0 aliphatic heterocycles. The minimum absolute atomic E-state index is 0.0111. The van der Waals surface area contributed by atoms with Crippen molar-refractivity contribution < 1.29 is 19.1 Å². The van der Waals surface area contributed by atoms with Crippen molar-refractivity contribution in [1.29, 1.82) is 0 Å². The third kappa shape index (κ3) is 6.65. The van der Waals surface area contributed by atoms with Gasteiger partial charge in [-0.15, -0.1) is 0 Å². The summed E-state index contributed by atoms with van der Waals surface area (Å²) in [6.45, 7) is 3.86. The van der Waals surface area contributed by atoms with Gasteiger partial charge in [-0.3, -0.25) is 0 Å². The minimum atomic E-state index is -0.535. The molecule has 0 aromatic carbocycles. The van der Waals surface area contributed by atoms with E-state index in [-0.39, 0.29) is 12.7 Å². The Bertz CT molecular complexity index is 294. The lowest BCUT2D eigenvalue weighted by Crippen LogP contribution is -2.33. The molecule has 1 aromatic rings. The van der Waals surface area contributed by atoms with Crippen LogP contribution < -0.4 is 5.32 Å². The highest BCUT2D eigenvalue weighted by Crippen LogP contribution is 1.94. The van der Waals surface area contributed by atoms with Crippen molar-refractivity contribution in [2.75, 3.05) is 33.4 Å². The van der Waals surface area contributed by atoms with Gasteiger partial charge in [0.1, 0.15) is 0 Å². The third-order valence-electron chi connectivity index (χ3n) is 2.28. The summed E-state index contributed by atoms with van der Waals surface area (Å²) in [6.07, 6.45) is 1.47. The average Bonchev–Trinajstić information content (AvgIpc) is 2.85. The van der Waals surface area contributed by atoms with Gasteiger partial charge in [0.15, 0.2) is 6.33 Å². The molecule has 0 radical (unpaired) electrons. The Balaban J connectivity index is 1.98. The van der Waals surface area contributed by atoms with E-state index in [0.29, 0.717) is 32.0 Å². The summed E-state index contributed by atoms with van der Waals surface area (Å²) in [5.74, 6) is 0.585. The molecule has 7 nitrogen and oxygen atoms in total. The van der Waals surface area contributed by atoms with Crippen molar-refractivity contribution in [2.24, 2.45) is 0 Å². The molecule has 1 aromatic heterocycles. The molecule has 1 heterocycles. The SMILES string of the molecule is COCC(C)OCC(O)CNCCc1ncno1. The largest absolute Gasteiger partial charge is 0.389 e. The van der Waals surface area contributed by atoms with Crippen LogP contribution in [-0.2, 0) is 15.9 Å². The number of hydrogen-bond donors (Lipinski definition) is 2. The number of nitrogens with zero attached hydrogens (tertiary/aromatic N) is 2. The van der Waals surface area contributed by atoms with E-state index in [1.807, 2.05) is 6.92 Å². The Labute approximate surface area is 106 Å². The molecular formula is C11H21N3O4. The summed E-state index contributed by atoms with van der Waals surface area (Å²) in [5.41, 5.74) is 0. The molecule has 0 fully saturated rings. The number of hydrogen-bond acceptors (Lipinski definition) is 7. The highest BCUT2D eigenvalue weighted by Gasteiger charge is 2.08. The number of methoxy groups -OCH3 is 1. The van der Waals surface area contributed by atoms with Crippen LogP contribution in [0.1, 0.15) is 12.8 Å². The van der Waals surface area contributed by atoms with Gasteiger partial charge in [-0.05, 0) is 6.92 Å². The lowest BCUT2D eigenvalue weighted by atomic mass is 10.3. The molecule has 0 bridgehead atoms. The molecule has 104 valence electrons. The highest BCUT2D eigenvalue weighted by atomic mass is 16.5. The lowest BCUT2D eigenvalue weighted by Gasteiger charge is -2.16. The Morgan fingerprint density at radius 1 is 1.50 bits per heavy atom. The summed E-state index contributed by atoms with van der Waals surface area (Å²) >= 11 is 0. The zero-order chi connectivity index (χ0) is 13.2. The van der Waals surface area contributed by atoms with Crippen LogP contribution in [0.3, 0.4) is 0 Å². The van der Waals surface area contributed by atoms with Gasteiger partial charge in [-0.25, -0.2) is 0 Å². The maximum Gasteiger partial charge on any atom is 0.227 e. The van der Waals surface area contributed by atoms with Crippen molar-refractivity contribution >= 4 is 0 Å². The van der Waals surface area contributed by atoms with Gasteiger partial charge >= 0.3 is 0 Å². The summed E-state index contributed by atoms with van der Waals surface area (Å²) in [5, 5.41) is 16.2. The van der Waals surface area contributed by atoms with Crippen LogP contribution in [0, 0.1) is 0 Å². The van der Waals surface area contributed by atoms with Crippen molar-refractivity contribution in [3.05, 3.63) is 12.2 Å². The minimum Gasteiger partial charge on any atom is -0.389 e. The van der Waals surface area contributed by atoms with Crippen molar-refractivity contribution in [2.45, 2.75) is 25.6 Å². The summed E-state index contributed by atoms with van der Waals surface area (Å²) in [6, 6.07) is 0. The van der Waals surface area contributed by atoms with Gasteiger partial charge in [-0.2, -0.15) is 4.98 Å². The molecule has 0 aliphatic rings. The van der Waals surface area contributed by atoms with Crippen LogP contribution in [0.15, 0.2) is 10.9 Å². The first-order valence-corrected chi connectivity index (χ1v) is 5.97. The molecule has 0 spiro atoms. The fraction of sp³-hybridized carbons (Fsp3) is 0.818. The normalized spacial score (nSPS) is 14.6. The first kappa shape index (κ1) is 15.0. The van der Waals surface area contributed by atoms with Gasteiger partial charge in [0.2, 0.25) is 5.89 Å². The maximum atomic E-state index is 9.64. The highest BCUT2D eigenvalue weighted by molar-refractivity contribution is 4.75. The number of aliphatic hydroxyl groups excluding tert-OH is 1. The second-order valence-electron chi connectivity index (χ2n) is 4.04. The van der Waals surface area contributed by atoms with Gasteiger partial charge in [0, 0.05) is 26.6 Å². The van der Waals surface area contributed by atoms with Gasteiger partial charge in [0.05, 0.1) is 25.4 Å². The standard InChI is InChI=1S/C11H21N3O4/c1-9(6-16-2)17-7-10(15)5-12-4-3-11-13-8-14-18-11/h8-10,12,15H,3-7H2,1-2H3. The molecule has 0 saturated carbocycles. The Kier molecular flexibility index (Phi) is 7.51. The van der Waals surface area contributed by atoms with Gasteiger partial charge < -0.3 is 24.4 Å². The van der Waals surface area contributed by atoms with E-state index in [9.17, 15) is 5.11 Å². The molecule has 18 heavy (non-hydrogen) atoms. The zero-order valence-electron chi connectivity index (χ0n) is 10.8. The average molecular weight is 259 g/mol. The Morgan fingerprint density at radius 3 is 3.00 bits per heavy atom. The van der Waals surface area contributed by atoms with Crippen LogP contribution in [-0.4, -0.2) is 60.9 Å². The summed E-state index contributed by atoms with van der Waals surface area (Å²) in [7, 11) is 1.62. The molecule has 7 heteroatoms. The number of rotatable bonds is 10. The van der Waals surface area contributed by atoms with E-state index < -0.39 is 6.10 Å². The second kappa shape index (κ2) is 8.98. The first-order valence-electron chi connectivity index (χ1n) is 5.97. The number of ether oxygens (including phenoxy) is 2. The van der Waals surface area contributed by atoms with Crippen LogP contribution in [0.5, 0.6) is 0 Å². The number of aliphatic hydroxyl groups is 1. The lowest BCUT2D eigenvalue weighted by molar-refractivity contribution is -0.0310. The van der Waals surface area contributed by atoms with Crippen LogP contribution >= 0.6 is 0 Å². The van der Waals surface area contributed by atoms with E-state index in [0.717, 1.165) is 0 Å². The molecular weight excluding hydrogens is 238 g/mol. The molecule has 2 unspecified atom stereocenters. The Hall–Kier alpha value is -1.02. The maximum absolute atomic E-state index is 9.64. The monoisotopic (exact) mass is 259 g/mol. The van der Waals surface area contributed by atoms with E-state index >= 15 is 0 Å². The van der Waals surface area contributed by atoms with Crippen LogP contribution in [0.25, 0.3) is 0 Å². The molecule has 2 N–H and O–H groups in total. The third-order valence-corrected chi connectivity index (χ3v) is 2.28. The molecule has 0 saturated heterocycles. The fourth-order valence-electron chi connectivity index (χ4n) is 1.39. The van der Waals surface area contributed by atoms with E-state index in [1.165, 1.54) is 6.33 Å². The quantitative estimate of drug-likeness (QED) is 0.553. The summed E-state index contributed by atoms with van der Waals surface area (Å²) in [4.78, 5) is 3.89. The van der Waals surface area contributed by atoms with E-state index in [4.69, 9.17) is 14.0 Å². The number of nitrogens with one attached hydrogen (secondary N) is 1. The van der Waals surface area contributed by atoms with E-state index in [2.05, 4.69) is 15.5 Å². The van der Waals surface area contributed by atoms with Crippen molar-refractivity contribution in [3.8, 4) is 0 Å². The van der Waals surface area contributed by atoms with E-state index in [1.54, 1.807) is 7.11 Å². The van der Waals surface area contributed by atoms with Crippen molar-refractivity contribution in [1.82, 2.24) is 15.5 Å². The summed E-state index contributed by atoms with van der Waals surface area (Å²) < 4.78 is 15.2. The predicted molar refractivity (Wildman–Crippen MR) is 64.2 cm³/mol. The smallest absolute Gasteiger partial charge is 0.227 e. The predicted octanol–water partition coefficient (Wildman–Crippen LogP) is -0.386. The second-order valence-corrected chi connectivity index (χ2v) is 4.04. The fourth-order valence-corrected chi connectivity index (χ4v) is 1.39. The molecule has 2 atom stereocenters. The van der Waals surface area contributed by atoms with Crippen LogP contribution in [0.2, 0.25) is 0 Å². The topological polar surface area (TPSA) is 89.6 Å². The zero-order valence-corrected chi connectivity index (χ0v) is 10.8. The first-order chi connectivity index (χ1) is 8.72. The number of aromatic nitrogens is 2. The molecule has 0 aliphatic carbocycles. The van der Waals surface area contributed by atoms with Gasteiger partial charge in [0.25, 0.3) is 0 Å². The Morgan fingerprint density at radius 2 is 2.33 bits per heavy atom. The molecule has 1 rings (SSSR count). The molecule has 0 amide bonds. The van der Waals surface area contributed by atoms with Crippen molar-refractivity contribution in [3.63, 3.8) is 0 Å².